The third-order valence-electron chi connectivity index (χ3n) is 6.39. The summed E-state index contributed by atoms with van der Waals surface area (Å²) in [5, 5.41) is 10.2. The fraction of sp³-hybridized carbons (Fsp3) is 0.391. The Labute approximate surface area is 176 Å². The van der Waals surface area contributed by atoms with Crippen molar-refractivity contribution in [3.05, 3.63) is 51.8 Å². The summed E-state index contributed by atoms with van der Waals surface area (Å²) in [7, 11) is 0. The molecule has 0 unspecified atom stereocenters. The molecular formula is C23H22F2N2O4. The Morgan fingerprint density at radius 1 is 1.32 bits per heavy atom. The quantitative estimate of drug-likeness (QED) is 0.662. The van der Waals surface area contributed by atoms with E-state index in [1.165, 1.54) is 12.3 Å². The first-order chi connectivity index (χ1) is 14.7. The molecule has 2 aromatic heterocycles. The number of anilines is 1. The molecule has 1 fully saturated rings. The van der Waals surface area contributed by atoms with Gasteiger partial charge in [-0.2, -0.15) is 0 Å². The first kappa shape index (κ1) is 19.8. The number of carboxylic acids is 1. The Morgan fingerprint density at radius 3 is 2.74 bits per heavy atom. The zero-order valence-electron chi connectivity index (χ0n) is 17.2. The van der Waals surface area contributed by atoms with Gasteiger partial charge in [0.25, 0.3) is 5.92 Å². The molecular weight excluding hydrogens is 406 g/mol. The maximum absolute atomic E-state index is 13.8. The number of pyridine rings is 1. The van der Waals surface area contributed by atoms with Crippen molar-refractivity contribution < 1.29 is 23.1 Å². The van der Waals surface area contributed by atoms with E-state index < -0.39 is 17.3 Å². The van der Waals surface area contributed by atoms with Crippen LogP contribution in [0.4, 0.5) is 14.5 Å². The van der Waals surface area contributed by atoms with Crippen molar-refractivity contribution in [2.24, 2.45) is 5.92 Å². The molecule has 1 atom stereocenters. The highest BCUT2D eigenvalue weighted by molar-refractivity contribution is 5.96. The van der Waals surface area contributed by atoms with Gasteiger partial charge in [0.05, 0.1) is 17.9 Å². The molecule has 4 heterocycles. The number of hydrogen-bond acceptors (Lipinski definition) is 4. The topological polar surface area (TPSA) is 75.7 Å². The Morgan fingerprint density at radius 2 is 2.10 bits per heavy atom. The average Bonchev–Trinajstić information content (AvgIpc) is 3.26. The summed E-state index contributed by atoms with van der Waals surface area (Å²) in [6.07, 6.45) is 1.78. The largest absolute Gasteiger partial charge is 0.477 e. The van der Waals surface area contributed by atoms with Crippen molar-refractivity contribution in [3.63, 3.8) is 0 Å². The standard InChI is InChI=1S/C23H22F2N2O4/c1-12(2)17-8-14-13-4-3-5-16(26-7-6-23(24,25)11-26)20(13)31-21(14)18-9-19(28)15(22(29)30)10-27(17)18/h3-5,9-10,12,17H,6-8,11H2,1-2H3,(H,29,30)/t17-/m0/s1. The van der Waals surface area contributed by atoms with E-state index in [0.717, 1.165) is 10.9 Å². The number of rotatable bonds is 3. The fourth-order valence-corrected chi connectivity index (χ4v) is 4.79. The molecule has 2 aliphatic heterocycles. The van der Waals surface area contributed by atoms with Crippen LogP contribution >= 0.6 is 0 Å². The van der Waals surface area contributed by atoms with Crippen LogP contribution in [0.25, 0.3) is 22.4 Å². The van der Waals surface area contributed by atoms with Crippen LogP contribution in [0.1, 0.15) is 42.2 Å². The number of aromatic nitrogens is 1. The molecule has 1 aromatic carbocycles. The normalized spacial score (nSPS) is 19.6. The molecule has 3 aromatic rings. The predicted octanol–water partition coefficient (Wildman–Crippen LogP) is 4.56. The first-order valence-corrected chi connectivity index (χ1v) is 10.3. The third kappa shape index (κ3) is 3.04. The van der Waals surface area contributed by atoms with Crippen LogP contribution in [-0.2, 0) is 6.42 Å². The number of carboxylic acid groups (broad SMARTS) is 1. The Bertz CT molecular complexity index is 1270. The number of alkyl halides is 2. The molecule has 1 saturated heterocycles. The zero-order chi connectivity index (χ0) is 22.1. The number of furan rings is 1. The van der Waals surface area contributed by atoms with Gasteiger partial charge in [0, 0.05) is 42.2 Å². The highest BCUT2D eigenvalue weighted by atomic mass is 19.3. The first-order valence-electron chi connectivity index (χ1n) is 10.3. The van der Waals surface area contributed by atoms with Gasteiger partial charge in [0.15, 0.2) is 16.8 Å². The van der Waals surface area contributed by atoms with Crippen molar-refractivity contribution in [1.82, 2.24) is 4.57 Å². The van der Waals surface area contributed by atoms with Crippen LogP contribution in [0.5, 0.6) is 0 Å². The van der Waals surface area contributed by atoms with Crippen LogP contribution in [0, 0.1) is 5.92 Å². The van der Waals surface area contributed by atoms with Crippen LogP contribution < -0.4 is 10.3 Å². The van der Waals surface area contributed by atoms with Gasteiger partial charge in [0.2, 0.25) is 0 Å². The van der Waals surface area contributed by atoms with E-state index in [1.807, 2.05) is 30.5 Å². The summed E-state index contributed by atoms with van der Waals surface area (Å²) < 4.78 is 35.7. The summed E-state index contributed by atoms with van der Waals surface area (Å²) in [6, 6.07) is 6.76. The monoisotopic (exact) mass is 428 g/mol. The second-order valence-corrected chi connectivity index (χ2v) is 8.76. The maximum Gasteiger partial charge on any atom is 0.341 e. The van der Waals surface area contributed by atoms with Gasteiger partial charge < -0.3 is 19.0 Å². The van der Waals surface area contributed by atoms with E-state index >= 15 is 0 Å². The van der Waals surface area contributed by atoms with Gasteiger partial charge in [-0.05, 0) is 18.4 Å². The molecule has 31 heavy (non-hydrogen) atoms. The maximum atomic E-state index is 13.8. The second-order valence-electron chi connectivity index (χ2n) is 8.76. The molecule has 0 saturated carbocycles. The lowest BCUT2D eigenvalue weighted by atomic mass is 9.89. The van der Waals surface area contributed by atoms with Crippen LogP contribution in [0.2, 0.25) is 0 Å². The van der Waals surface area contributed by atoms with Gasteiger partial charge in [-0.1, -0.05) is 26.0 Å². The number of para-hydroxylation sites is 1. The van der Waals surface area contributed by atoms with E-state index in [0.29, 0.717) is 29.1 Å². The number of nitrogens with zero attached hydrogens (tertiary/aromatic N) is 2. The lowest BCUT2D eigenvalue weighted by molar-refractivity contribution is 0.0257. The fourth-order valence-electron chi connectivity index (χ4n) is 4.79. The van der Waals surface area contributed by atoms with E-state index in [9.17, 15) is 23.5 Å². The molecule has 0 bridgehead atoms. The Balaban J connectivity index is 1.73. The molecule has 0 aliphatic carbocycles. The molecule has 0 spiro atoms. The summed E-state index contributed by atoms with van der Waals surface area (Å²) in [6.45, 7) is 3.96. The molecule has 6 nitrogen and oxygen atoms in total. The van der Waals surface area contributed by atoms with E-state index in [-0.39, 0.29) is 37.0 Å². The SMILES string of the molecule is CC(C)[C@@H]1Cc2c(oc3c(N4CCC(F)(F)C4)cccc23)-c2cc(=O)c(C(=O)O)cn21. The Kier molecular flexibility index (Phi) is 4.26. The van der Waals surface area contributed by atoms with Crippen molar-refractivity contribution in [3.8, 4) is 11.5 Å². The van der Waals surface area contributed by atoms with Gasteiger partial charge in [0.1, 0.15) is 5.56 Å². The highest BCUT2D eigenvalue weighted by Gasteiger charge is 2.40. The summed E-state index contributed by atoms with van der Waals surface area (Å²) in [4.78, 5) is 25.6. The minimum atomic E-state index is -2.73. The van der Waals surface area contributed by atoms with E-state index in [4.69, 9.17) is 4.42 Å². The summed E-state index contributed by atoms with van der Waals surface area (Å²) in [5.74, 6) is -3.33. The molecule has 1 N–H and O–H groups in total. The lowest BCUT2D eigenvalue weighted by Gasteiger charge is -2.31. The molecule has 8 heteroatoms. The van der Waals surface area contributed by atoms with Gasteiger partial charge in [-0.25, -0.2) is 13.6 Å². The van der Waals surface area contributed by atoms with Crippen molar-refractivity contribution in [2.45, 2.75) is 38.7 Å². The van der Waals surface area contributed by atoms with Crippen molar-refractivity contribution >= 4 is 22.6 Å². The van der Waals surface area contributed by atoms with E-state index in [2.05, 4.69) is 0 Å². The minimum absolute atomic E-state index is 0.0678. The number of benzene rings is 1. The Hall–Kier alpha value is -3.16. The van der Waals surface area contributed by atoms with Gasteiger partial charge in [-0.3, -0.25) is 4.79 Å². The number of fused-ring (bicyclic) bond motifs is 5. The van der Waals surface area contributed by atoms with Crippen LogP contribution in [-0.4, -0.2) is 34.7 Å². The zero-order valence-corrected chi connectivity index (χ0v) is 17.2. The highest BCUT2D eigenvalue weighted by Crippen LogP contribution is 2.45. The third-order valence-corrected chi connectivity index (χ3v) is 6.39. The average molecular weight is 428 g/mol. The number of halogens is 2. The summed E-state index contributed by atoms with van der Waals surface area (Å²) >= 11 is 0. The van der Waals surface area contributed by atoms with Crippen molar-refractivity contribution in [2.75, 3.05) is 18.0 Å². The summed E-state index contributed by atoms with van der Waals surface area (Å²) in [5.41, 5.74) is 1.70. The van der Waals surface area contributed by atoms with E-state index in [1.54, 1.807) is 11.0 Å². The van der Waals surface area contributed by atoms with Gasteiger partial charge in [-0.15, -0.1) is 0 Å². The lowest BCUT2D eigenvalue weighted by Crippen LogP contribution is -2.27. The molecule has 0 amide bonds. The molecule has 162 valence electrons. The minimum Gasteiger partial charge on any atom is -0.477 e. The predicted molar refractivity (Wildman–Crippen MR) is 112 cm³/mol. The number of hydrogen-bond donors (Lipinski definition) is 1. The number of carbonyl (C=O) groups is 1. The molecule has 0 radical (unpaired) electrons. The van der Waals surface area contributed by atoms with Crippen LogP contribution in [0.15, 0.2) is 39.7 Å². The van der Waals surface area contributed by atoms with Gasteiger partial charge >= 0.3 is 5.97 Å². The number of aromatic carboxylic acids is 1. The smallest absolute Gasteiger partial charge is 0.341 e. The van der Waals surface area contributed by atoms with Crippen LogP contribution in [0.3, 0.4) is 0 Å². The second kappa shape index (κ2) is 6.67. The van der Waals surface area contributed by atoms with Crippen molar-refractivity contribution in [1.29, 1.82) is 0 Å². The molecule has 5 rings (SSSR count). The molecule has 2 aliphatic rings.